The number of amides is 2. The van der Waals surface area contributed by atoms with Crippen molar-refractivity contribution in [2.45, 2.75) is 90.4 Å². The van der Waals surface area contributed by atoms with E-state index in [1.165, 1.54) is 11.1 Å². The Morgan fingerprint density at radius 3 is 1.21 bits per heavy atom. The summed E-state index contributed by atoms with van der Waals surface area (Å²) >= 11 is 4.81. The van der Waals surface area contributed by atoms with Gasteiger partial charge in [-0.2, -0.15) is 0 Å². The van der Waals surface area contributed by atoms with Crippen molar-refractivity contribution < 1.29 is 9.59 Å². The molecule has 2 amide bonds. The molecule has 0 bridgehead atoms. The molecule has 2 heterocycles. The summed E-state index contributed by atoms with van der Waals surface area (Å²) in [6, 6.07) is 21.4. The van der Waals surface area contributed by atoms with Crippen molar-refractivity contribution in [1.29, 1.82) is 0 Å². The van der Waals surface area contributed by atoms with Crippen LogP contribution in [0.2, 0.25) is 0 Å². The summed E-state index contributed by atoms with van der Waals surface area (Å²) in [4.78, 5) is 29.2. The standard InChI is InChI=1S/2C16H22INO/c2*1-16(2,3)18-14(13-7-5-4-6-8-13)9-12(11-17)10-15(18)19/h2*4-8,12,14H,9-11H2,1-3H3/t2*12-,14+/m11/s1. The number of nitrogens with zero attached hydrogens (tertiary/aromatic N) is 2. The highest BCUT2D eigenvalue weighted by atomic mass is 127. The van der Waals surface area contributed by atoms with Gasteiger partial charge in [0.2, 0.25) is 11.8 Å². The van der Waals surface area contributed by atoms with Crippen LogP contribution < -0.4 is 0 Å². The van der Waals surface area contributed by atoms with E-state index in [1.807, 2.05) is 12.1 Å². The van der Waals surface area contributed by atoms with Gasteiger partial charge in [-0.3, -0.25) is 9.59 Å². The Labute approximate surface area is 257 Å². The molecule has 0 saturated carbocycles. The van der Waals surface area contributed by atoms with Crippen LogP contribution in [0.4, 0.5) is 0 Å². The number of likely N-dealkylation sites (tertiary alicyclic amines) is 2. The van der Waals surface area contributed by atoms with Crippen LogP contribution in [0.25, 0.3) is 0 Å². The van der Waals surface area contributed by atoms with Crippen LogP contribution >= 0.6 is 45.2 Å². The van der Waals surface area contributed by atoms with Crippen molar-refractivity contribution >= 4 is 57.0 Å². The number of hydrogen-bond donors (Lipinski definition) is 0. The van der Waals surface area contributed by atoms with E-state index in [0.29, 0.717) is 36.5 Å². The second kappa shape index (κ2) is 13.5. The highest BCUT2D eigenvalue weighted by Crippen LogP contribution is 2.41. The lowest BCUT2D eigenvalue weighted by atomic mass is 9.84. The maximum absolute atomic E-state index is 12.5. The van der Waals surface area contributed by atoms with E-state index in [4.69, 9.17) is 0 Å². The van der Waals surface area contributed by atoms with Gasteiger partial charge in [0.1, 0.15) is 0 Å². The minimum absolute atomic E-state index is 0.117. The second-order valence-electron chi connectivity index (χ2n) is 12.6. The number of rotatable bonds is 4. The Morgan fingerprint density at radius 1 is 0.632 bits per heavy atom. The van der Waals surface area contributed by atoms with Gasteiger partial charge in [0.15, 0.2) is 0 Å². The Balaban J connectivity index is 0.000000211. The number of halogens is 2. The smallest absolute Gasteiger partial charge is 0.223 e. The number of carbonyl (C=O) groups is 2. The number of piperidine rings is 2. The maximum Gasteiger partial charge on any atom is 0.223 e. The number of hydrogen-bond acceptors (Lipinski definition) is 2. The van der Waals surface area contributed by atoms with Gasteiger partial charge in [0.25, 0.3) is 0 Å². The van der Waals surface area contributed by atoms with Gasteiger partial charge in [0.05, 0.1) is 12.1 Å². The summed E-state index contributed by atoms with van der Waals surface area (Å²) in [5.41, 5.74) is 2.29. The van der Waals surface area contributed by atoms with Gasteiger partial charge < -0.3 is 9.80 Å². The minimum Gasteiger partial charge on any atom is -0.331 e. The predicted molar refractivity (Wildman–Crippen MR) is 175 cm³/mol. The molecule has 2 aliphatic heterocycles. The molecular formula is C32H44I2N2O2. The van der Waals surface area contributed by atoms with E-state index in [2.05, 4.69) is 145 Å². The largest absolute Gasteiger partial charge is 0.331 e. The van der Waals surface area contributed by atoms with Gasteiger partial charge in [-0.15, -0.1) is 0 Å². The monoisotopic (exact) mass is 742 g/mol. The molecule has 0 spiro atoms. The zero-order valence-corrected chi connectivity index (χ0v) is 28.1. The molecular weight excluding hydrogens is 698 g/mol. The van der Waals surface area contributed by atoms with Crippen LogP contribution in [0, 0.1) is 11.8 Å². The Hall–Kier alpha value is -1.16. The molecule has 38 heavy (non-hydrogen) atoms. The Kier molecular flexibility index (Phi) is 11.1. The first-order chi connectivity index (χ1) is 17.9. The molecule has 0 unspecified atom stereocenters. The molecule has 0 radical (unpaired) electrons. The second-order valence-corrected chi connectivity index (χ2v) is 14.4. The summed E-state index contributed by atoms with van der Waals surface area (Å²) in [6.07, 6.45) is 3.55. The van der Waals surface area contributed by atoms with Crippen molar-refractivity contribution in [3.8, 4) is 0 Å². The van der Waals surface area contributed by atoms with Crippen molar-refractivity contribution in [2.24, 2.45) is 11.8 Å². The van der Waals surface area contributed by atoms with Crippen LogP contribution in [0.5, 0.6) is 0 Å². The first kappa shape index (κ1) is 31.4. The van der Waals surface area contributed by atoms with Crippen molar-refractivity contribution in [3.63, 3.8) is 0 Å². The first-order valence-electron chi connectivity index (χ1n) is 13.7. The van der Waals surface area contributed by atoms with Crippen LogP contribution in [0.1, 0.15) is 90.4 Å². The van der Waals surface area contributed by atoms with Gasteiger partial charge in [0, 0.05) is 32.8 Å². The average molecular weight is 743 g/mol. The molecule has 4 nitrogen and oxygen atoms in total. The zero-order valence-electron chi connectivity index (χ0n) is 23.8. The van der Waals surface area contributed by atoms with Crippen molar-refractivity contribution in [3.05, 3.63) is 71.8 Å². The summed E-state index contributed by atoms with van der Waals surface area (Å²) in [6.45, 7) is 12.8. The lowest BCUT2D eigenvalue weighted by Crippen LogP contribution is -2.51. The van der Waals surface area contributed by atoms with Crippen LogP contribution in [-0.4, -0.2) is 41.5 Å². The fraction of sp³-hybridized carbons (Fsp3) is 0.562. The lowest BCUT2D eigenvalue weighted by molar-refractivity contribution is -0.146. The van der Waals surface area contributed by atoms with Gasteiger partial charge in [-0.1, -0.05) is 106 Å². The molecule has 0 aliphatic carbocycles. The summed E-state index contributed by atoms with van der Waals surface area (Å²) < 4.78 is 2.12. The lowest BCUT2D eigenvalue weighted by Gasteiger charge is -2.47. The molecule has 2 aromatic rings. The fourth-order valence-electron chi connectivity index (χ4n) is 5.89. The van der Waals surface area contributed by atoms with E-state index in [0.717, 1.165) is 21.7 Å². The van der Waals surface area contributed by atoms with Crippen molar-refractivity contribution in [1.82, 2.24) is 9.80 Å². The molecule has 2 aromatic carbocycles. The molecule has 2 fully saturated rings. The molecule has 4 atom stereocenters. The molecule has 208 valence electrons. The zero-order chi connectivity index (χ0) is 28.1. The quantitative estimate of drug-likeness (QED) is 0.233. The number of alkyl halides is 2. The highest BCUT2D eigenvalue weighted by molar-refractivity contribution is 14.1. The van der Waals surface area contributed by atoms with Crippen molar-refractivity contribution in [2.75, 3.05) is 8.86 Å². The number of benzene rings is 2. The van der Waals surface area contributed by atoms with Gasteiger partial charge in [-0.05, 0) is 77.3 Å². The molecule has 4 rings (SSSR count). The Morgan fingerprint density at radius 2 is 0.947 bits per heavy atom. The highest BCUT2D eigenvalue weighted by Gasteiger charge is 2.41. The SMILES string of the molecule is CC(C)(C)N1C(=O)C[C@H](CI)C[C@H]1c1ccccc1.CC(C)(C)N1C(=O)C[C@H](CI)C[C@H]1c1ccccc1. The van der Waals surface area contributed by atoms with Crippen LogP contribution in [0.3, 0.4) is 0 Å². The third kappa shape index (κ3) is 7.95. The third-order valence-electron chi connectivity index (χ3n) is 7.45. The van der Waals surface area contributed by atoms with Crippen LogP contribution in [-0.2, 0) is 9.59 Å². The Bertz CT molecular complexity index is 961. The van der Waals surface area contributed by atoms with E-state index < -0.39 is 0 Å². The van der Waals surface area contributed by atoms with Gasteiger partial charge >= 0.3 is 0 Å². The third-order valence-corrected chi connectivity index (χ3v) is 9.94. The molecule has 0 aromatic heterocycles. The topological polar surface area (TPSA) is 40.6 Å². The summed E-state index contributed by atoms with van der Waals surface area (Å²) in [5.74, 6) is 1.62. The normalized spacial score (nSPS) is 24.6. The fourth-order valence-corrected chi connectivity index (χ4v) is 7.23. The van der Waals surface area contributed by atoms with Crippen LogP contribution in [0.15, 0.2) is 60.7 Å². The summed E-state index contributed by atoms with van der Waals surface area (Å²) in [5, 5.41) is 0. The molecule has 2 aliphatic rings. The molecule has 0 N–H and O–H groups in total. The van der Waals surface area contributed by atoms with E-state index in [-0.39, 0.29) is 23.2 Å². The molecule has 6 heteroatoms. The van der Waals surface area contributed by atoms with Gasteiger partial charge in [-0.25, -0.2) is 0 Å². The molecule has 2 saturated heterocycles. The minimum atomic E-state index is -0.117. The first-order valence-corrected chi connectivity index (χ1v) is 16.8. The predicted octanol–water partition coefficient (Wildman–Crippen LogP) is 8.40. The average Bonchev–Trinajstić information content (AvgIpc) is 2.87. The van der Waals surface area contributed by atoms with E-state index >= 15 is 0 Å². The summed E-state index contributed by atoms with van der Waals surface area (Å²) in [7, 11) is 0. The maximum atomic E-state index is 12.5. The van der Waals surface area contributed by atoms with E-state index in [1.54, 1.807) is 0 Å². The number of carbonyl (C=O) groups excluding carboxylic acids is 2. The van der Waals surface area contributed by atoms with E-state index in [9.17, 15) is 9.59 Å².